The molecule has 3 nitrogen and oxygen atoms in total. The van der Waals surface area contributed by atoms with Gasteiger partial charge in [0.25, 0.3) is 5.91 Å². The van der Waals surface area contributed by atoms with Crippen LogP contribution in [0.3, 0.4) is 0 Å². The van der Waals surface area contributed by atoms with Crippen molar-refractivity contribution in [2.75, 3.05) is 6.61 Å². The van der Waals surface area contributed by atoms with Gasteiger partial charge in [0.05, 0.1) is 9.75 Å². The van der Waals surface area contributed by atoms with E-state index < -0.39 is 0 Å². The Kier molecular flexibility index (Phi) is 4.28. The fourth-order valence-corrected chi connectivity index (χ4v) is 3.25. The molecule has 1 aliphatic rings. The molecule has 1 unspecified atom stereocenters. The first kappa shape index (κ1) is 14.1. The molecule has 0 aromatic carbocycles. The van der Waals surface area contributed by atoms with Gasteiger partial charge in [0.2, 0.25) is 0 Å². The quantitative estimate of drug-likeness (QED) is 0.816. The molecule has 0 saturated heterocycles. The molecule has 1 fully saturated rings. The standard InChI is InChI=1S/C15H19NO2S/c1-15(2)8-7-11(10-15)16-14(18)13-6-5-12(19-13)4-3-9-17/h5-6,11,17H,7-10H2,1-2H3,(H,16,18). The summed E-state index contributed by atoms with van der Waals surface area (Å²) >= 11 is 1.37. The summed E-state index contributed by atoms with van der Waals surface area (Å²) in [4.78, 5) is 13.6. The number of carbonyl (C=O) groups excluding carboxylic acids is 1. The molecule has 1 aliphatic carbocycles. The molecule has 1 atom stereocenters. The molecule has 102 valence electrons. The van der Waals surface area contributed by atoms with Crippen LogP contribution in [0, 0.1) is 17.3 Å². The van der Waals surface area contributed by atoms with Crippen LogP contribution in [0.5, 0.6) is 0 Å². The van der Waals surface area contributed by atoms with Gasteiger partial charge in [-0.15, -0.1) is 11.3 Å². The number of rotatable bonds is 2. The van der Waals surface area contributed by atoms with Crippen LogP contribution in [0.25, 0.3) is 0 Å². The monoisotopic (exact) mass is 277 g/mol. The Hall–Kier alpha value is -1.31. The molecule has 2 N–H and O–H groups in total. The van der Waals surface area contributed by atoms with Gasteiger partial charge in [-0.2, -0.15) is 0 Å². The van der Waals surface area contributed by atoms with Crippen LogP contribution >= 0.6 is 11.3 Å². The van der Waals surface area contributed by atoms with Gasteiger partial charge in [-0.05, 0) is 36.8 Å². The van der Waals surface area contributed by atoms with Gasteiger partial charge in [-0.3, -0.25) is 4.79 Å². The summed E-state index contributed by atoms with van der Waals surface area (Å²) in [6.07, 6.45) is 3.26. The maximum Gasteiger partial charge on any atom is 0.261 e. The first-order valence-corrected chi connectivity index (χ1v) is 7.32. The summed E-state index contributed by atoms with van der Waals surface area (Å²) in [7, 11) is 0. The van der Waals surface area contributed by atoms with E-state index in [1.807, 2.05) is 6.07 Å². The SMILES string of the molecule is CC1(C)CCC(NC(=O)c2ccc(C#CCO)s2)C1. The maximum atomic E-state index is 12.1. The van der Waals surface area contributed by atoms with E-state index in [-0.39, 0.29) is 18.6 Å². The van der Waals surface area contributed by atoms with E-state index in [2.05, 4.69) is 31.0 Å². The molecule has 0 spiro atoms. The Morgan fingerprint density at radius 1 is 1.58 bits per heavy atom. The van der Waals surface area contributed by atoms with Crippen molar-refractivity contribution in [3.05, 3.63) is 21.9 Å². The molecule has 1 aromatic heterocycles. The Morgan fingerprint density at radius 3 is 3.00 bits per heavy atom. The maximum absolute atomic E-state index is 12.1. The van der Waals surface area contributed by atoms with Gasteiger partial charge >= 0.3 is 0 Å². The Balaban J connectivity index is 1.95. The molecule has 0 radical (unpaired) electrons. The van der Waals surface area contributed by atoms with Gasteiger partial charge in [-0.1, -0.05) is 25.7 Å². The van der Waals surface area contributed by atoms with Crippen molar-refractivity contribution < 1.29 is 9.90 Å². The molecule has 0 aliphatic heterocycles. The summed E-state index contributed by atoms with van der Waals surface area (Å²) in [6, 6.07) is 3.90. The van der Waals surface area contributed by atoms with Crippen LogP contribution < -0.4 is 5.32 Å². The smallest absolute Gasteiger partial charge is 0.261 e. The summed E-state index contributed by atoms with van der Waals surface area (Å²) in [6.45, 7) is 4.33. The van der Waals surface area contributed by atoms with Crippen molar-refractivity contribution in [2.45, 2.75) is 39.2 Å². The van der Waals surface area contributed by atoms with E-state index in [9.17, 15) is 4.79 Å². The van der Waals surface area contributed by atoms with Crippen molar-refractivity contribution >= 4 is 17.2 Å². The second-order valence-corrected chi connectivity index (χ2v) is 6.78. The normalized spacial score (nSPS) is 20.7. The lowest BCUT2D eigenvalue weighted by Crippen LogP contribution is -2.32. The minimum Gasteiger partial charge on any atom is -0.384 e. The molecule has 2 rings (SSSR count). The number of aliphatic hydroxyl groups is 1. The predicted molar refractivity (Wildman–Crippen MR) is 77.2 cm³/mol. The molecule has 1 heterocycles. The Labute approximate surface area is 118 Å². The number of hydrogen-bond donors (Lipinski definition) is 2. The van der Waals surface area contributed by atoms with E-state index in [1.54, 1.807) is 6.07 Å². The Morgan fingerprint density at radius 2 is 2.37 bits per heavy atom. The van der Waals surface area contributed by atoms with E-state index in [4.69, 9.17) is 5.11 Å². The first-order chi connectivity index (χ1) is 9.00. The minimum atomic E-state index is -0.156. The topological polar surface area (TPSA) is 49.3 Å². The summed E-state index contributed by atoms with van der Waals surface area (Å²) < 4.78 is 0. The summed E-state index contributed by atoms with van der Waals surface area (Å²) in [5.74, 6) is 5.39. The second-order valence-electron chi connectivity index (χ2n) is 5.70. The molecule has 1 aromatic rings. The molecule has 19 heavy (non-hydrogen) atoms. The molecule has 1 saturated carbocycles. The molecule has 1 amide bonds. The zero-order valence-corrected chi connectivity index (χ0v) is 12.1. The van der Waals surface area contributed by atoms with E-state index in [0.29, 0.717) is 10.3 Å². The zero-order valence-electron chi connectivity index (χ0n) is 11.3. The highest BCUT2D eigenvalue weighted by Gasteiger charge is 2.31. The lowest BCUT2D eigenvalue weighted by molar-refractivity contribution is 0.0940. The molecular weight excluding hydrogens is 258 g/mol. The lowest BCUT2D eigenvalue weighted by atomic mass is 9.92. The highest BCUT2D eigenvalue weighted by atomic mass is 32.1. The van der Waals surface area contributed by atoms with Gasteiger partial charge in [-0.25, -0.2) is 0 Å². The van der Waals surface area contributed by atoms with Crippen molar-refractivity contribution in [3.8, 4) is 11.8 Å². The van der Waals surface area contributed by atoms with Gasteiger partial charge in [0, 0.05) is 6.04 Å². The van der Waals surface area contributed by atoms with Crippen LogP contribution in [-0.4, -0.2) is 23.7 Å². The van der Waals surface area contributed by atoms with Crippen LogP contribution in [0.15, 0.2) is 12.1 Å². The van der Waals surface area contributed by atoms with E-state index in [0.717, 1.165) is 24.1 Å². The predicted octanol–water partition coefficient (Wildman–Crippen LogP) is 2.40. The zero-order chi connectivity index (χ0) is 13.9. The van der Waals surface area contributed by atoms with E-state index in [1.165, 1.54) is 11.3 Å². The van der Waals surface area contributed by atoms with Crippen LogP contribution in [-0.2, 0) is 0 Å². The molecule has 0 bridgehead atoms. The summed E-state index contributed by atoms with van der Waals surface area (Å²) in [5, 5.41) is 11.7. The van der Waals surface area contributed by atoms with Gasteiger partial charge < -0.3 is 10.4 Å². The highest BCUT2D eigenvalue weighted by molar-refractivity contribution is 7.14. The largest absolute Gasteiger partial charge is 0.384 e. The van der Waals surface area contributed by atoms with Crippen molar-refractivity contribution in [1.82, 2.24) is 5.32 Å². The van der Waals surface area contributed by atoms with E-state index >= 15 is 0 Å². The third kappa shape index (κ3) is 3.82. The summed E-state index contributed by atoms with van der Waals surface area (Å²) in [5.41, 5.74) is 0.338. The number of nitrogens with one attached hydrogen (secondary N) is 1. The third-order valence-corrected chi connectivity index (χ3v) is 4.42. The average molecular weight is 277 g/mol. The first-order valence-electron chi connectivity index (χ1n) is 6.51. The van der Waals surface area contributed by atoms with Gasteiger partial charge in [0.1, 0.15) is 6.61 Å². The van der Waals surface area contributed by atoms with Crippen molar-refractivity contribution in [2.24, 2.45) is 5.41 Å². The number of aliphatic hydroxyl groups excluding tert-OH is 1. The van der Waals surface area contributed by atoms with Crippen molar-refractivity contribution in [1.29, 1.82) is 0 Å². The number of thiophene rings is 1. The van der Waals surface area contributed by atoms with Crippen LogP contribution in [0.1, 0.15) is 47.7 Å². The lowest BCUT2D eigenvalue weighted by Gasteiger charge is -2.17. The number of hydrogen-bond acceptors (Lipinski definition) is 3. The third-order valence-electron chi connectivity index (χ3n) is 3.42. The second kappa shape index (κ2) is 5.77. The minimum absolute atomic E-state index is 0.00949. The fraction of sp³-hybridized carbons (Fsp3) is 0.533. The number of carbonyl (C=O) groups is 1. The average Bonchev–Trinajstić information content (AvgIpc) is 2.93. The molecular formula is C15H19NO2S. The fourth-order valence-electron chi connectivity index (χ4n) is 2.47. The van der Waals surface area contributed by atoms with Crippen molar-refractivity contribution in [3.63, 3.8) is 0 Å². The Bertz CT molecular complexity index is 522. The van der Waals surface area contributed by atoms with Crippen LogP contribution in [0.4, 0.5) is 0 Å². The molecule has 4 heteroatoms. The highest BCUT2D eigenvalue weighted by Crippen LogP contribution is 2.37. The van der Waals surface area contributed by atoms with Gasteiger partial charge in [0.15, 0.2) is 0 Å². The number of amides is 1. The van der Waals surface area contributed by atoms with Crippen LogP contribution in [0.2, 0.25) is 0 Å².